The Morgan fingerprint density at radius 1 is 0.931 bits per heavy atom. The van der Waals surface area contributed by atoms with Crippen LogP contribution in [-0.4, -0.2) is 10.2 Å². The lowest BCUT2D eigenvalue weighted by atomic mass is 10.0. The minimum Gasteiger partial charge on any atom is -0.418 e. The van der Waals surface area contributed by atoms with Crippen LogP contribution in [0.5, 0.6) is 0 Å². The number of halogens is 2. The molecule has 0 aliphatic carbocycles. The van der Waals surface area contributed by atoms with Crippen molar-refractivity contribution < 1.29 is 8.81 Å². The van der Waals surface area contributed by atoms with Crippen molar-refractivity contribution in [2.45, 2.75) is 19.9 Å². The molecular formula is C23H19ClFN3O. The van der Waals surface area contributed by atoms with Gasteiger partial charge in [-0.3, -0.25) is 0 Å². The fourth-order valence-corrected chi connectivity index (χ4v) is 3.56. The molecule has 146 valence electrons. The highest BCUT2D eigenvalue weighted by molar-refractivity contribution is 6.31. The summed E-state index contributed by atoms with van der Waals surface area (Å²) in [5.41, 5.74) is 4.59. The smallest absolute Gasteiger partial charge is 0.247 e. The van der Waals surface area contributed by atoms with Gasteiger partial charge in [-0.2, -0.15) is 0 Å². The summed E-state index contributed by atoms with van der Waals surface area (Å²) in [6.07, 6.45) is 0. The summed E-state index contributed by atoms with van der Waals surface area (Å²) in [5, 5.41) is 12.1. The van der Waals surface area contributed by atoms with Gasteiger partial charge in [-0.25, -0.2) is 4.39 Å². The zero-order chi connectivity index (χ0) is 20.4. The lowest BCUT2D eigenvalue weighted by Crippen LogP contribution is -2.14. The first-order chi connectivity index (χ1) is 14.0. The molecule has 1 N–H and O–H groups in total. The van der Waals surface area contributed by atoms with E-state index in [1.807, 2.05) is 56.3 Å². The number of anilines is 1. The lowest BCUT2D eigenvalue weighted by Gasteiger charge is -2.19. The van der Waals surface area contributed by atoms with E-state index in [-0.39, 0.29) is 5.02 Å². The molecule has 0 saturated heterocycles. The predicted octanol–water partition coefficient (Wildman–Crippen LogP) is 6.35. The predicted molar refractivity (Wildman–Crippen MR) is 113 cm³/mol. The molecule has 4 rings (SSSR count). The third-order valence-corrected chi connectivity index (χ3v) is 4.84. The fraction of sp³-hybridized carbons (Fsp3) is 0.130. The lowest BCUT2D eigenvalue weighted by molar-refractivity contribution is 0.494. The Balaban J connectivity index is 1.77. The van der Waals surface area contributed by atoms with Gasteiger partial charge in [0.2, 0.25) is 11.8 Å². The Morgan fingerprint density at radius 3 is 2.34 bits per heavy atom. The summed E-state index contributed by atoms with van der Waals surface area (Å²) in [6.45, 7) is 4.05. The van der Waals surface area contributed by atoms with E-state index in [9.17, 15) is 4.39 Å². The number of benzene rings is 3. The van der Waals surface area contributed by atoms with E-state index in [0.717, 1.165) is 22.4 Å². The van der Waals surface area contributed by atoms with Crippen LogP contribution < -0.4 is 5.32 Å². The SMILES string of the molecule is Cc1cc(C)cc(N[C@H](c2nnc(-c3ccccc3)o2)c2ccc(F)cc2Cl)c1. The Bertz CT molecular complexity index is 1120. The Morgan fingerprint density at radius 2 is 1.66 bits per heavy atom. The van der Waals surface area contributed by atoms with Crippen LogP contribution in [0.3, 0.4) is 0 Å². The second kappa shape index (κ2) is 8.05. The van der Waals surface area contributed by atoms with Gasteiger partial charge < -0.3 is 9.73 Å². The van der Waals surface area contributed by atoms with Crippen LogP contribution >= 0.6 is 11.6 Å². The summed E-state index contributed by atoms with van der Waals surface area (Å²) in [4.78, 5) is 0. The van der Waals surface area contributed by atoms with Crippen molar-refractivity contribution in [2.75, 3.05) is 5.32 Å². The number of aryl methyl sites for hydroxylation is 2. The van der Waals surface area contributed by atoms with Crippen molar-refractivity contribution in [1.82, 2.24) is 10.2 Å². The Kier molecular flexibility index (Phi) is 5.32. The molecule has 1 aromatic heterocycles. The van der Waals surface area contributed by atoms with Crippen molar-refractivity contribution in [1.29, 1.82) is 0 Å². The number of rotatable bonds is 5. The van der Waals surface area contributed by atoms with Gasteiger partial charge in [-0.15, -0.1) is 10.2 Å². The first kappa shape index (κ1) is 19.2. The first-order valence-corrected chi connectivity index (χ1v) is 9.56. The zero-order valence-electron chi connectivity index (χ0n) is 16.0. The molecule has 0 radical (unpaired) electrons. The largest absolute Gasteiger partial charge is 0.418 e. The summed E-state index contributed by atoms with van der Waals surface area (Å²) in [7, 11) is 0. The van der Waals surface area contributed by atoms with Crippen molar-refractivity contribution >= 4 is 17.3 Å². The van der Waals surface area contributed by atoms with Gasteiger partial charge in [0.15, 0.2) is 0 Å². The molecule has 0 aliphatic rings. The van der Waals surface area contributed by atoms with Crippen molar-refractivity contribution in [2.24, 2.45) is 0 Å². The topological polar surface area (TPSA) is 51.0 Å². The average molecular weight is 408 g/mol. The second-order valence-electron chi connectivity index (χ2n) is 6.93. The average Bonchev–Trinajstić information content (AvgIpc) is 3.16. The highest BCUT2D eigenvalue weighted by atomic mass is 35.5. The van der Waals surface area contributed by atoms with E-state index < -0.39 is 11.9 Å². The number of aromatic nitrogens is 2. The molecule has 6 heteroatoms. The van der Waals surface area contributed by atoms with Gasteiger partial charge in [0.25, 0.3) is 0 Å². The van der Waals surface area contributed by atoms with Crippen LogP contribution in [0.25, 0.3) is 11.5 Å². The normalized spacial score (nSPS) is 12.0. The van der Waals surface area contributed by atoms with Crippen molar-refractivity contribution in [3.8, 4) is 11.5 Å². The standard InChI is InChI=1S/C23H19ClFN3O/c1-14-10-15(2)12-18(11-14)26-21(19-9-8-17(25)13-20(19)24)23-28-27-22(29-23)16-6-4-3-5-7-16/h3-13,21,26H,1-2H3/t21-/m0/s1. The van der Waals surface area contributed by atoms with E-state index in [4.69, 9.17) is 16.0 Å². The van der Waals surface area contributed by atoms with Gasteiger partial charge in [-0.1, -0.05) is 41.9 Å². The van der Waals surface area contributed by atoms with Gasteiger partial charge in [0, 0.05) is 21.8 Å². The number of hydrogen-bond acceptors (Lipinski definition) is 4. The van der Waals surface area contributed by atoms with E-state index in [1.54, 1.807) is 6.07 Å². The van der Waals surface area contributed by atoms with E-state index in [0.29, 0.717) is 17.3 Å². The maximum absolute atomic E-state index is 13.6. The number of nitrogens with one attached hydrogen (secondary N) is 1. The molecule has 0 unspecified atom stereocenters. The Labute approximate surface area is 173 Å². The molecule has 29 heavy (non-hydrogen) atoms. The molecule has 0 saturated carbocycles. The maximum Gasteiger partial charge on any atom is 0.247 e. The molecule has 4 nitrogen and oxygen atoms in total. The van der Waals surface area contributed by atoms with E-state index in [2.05, 4.69) is 21.6 Å². The highest BCUT2D eigenvalue weighted by Gasteiger charge is 2.24. The van der Waals surface area contributed by atoms with Crippen LogP contribution in [0.15, 0.2) is 71.1 Å². The number of nitrogens with zero attached hydrogens (tertiary/aromatic N) is 2. The van der Waals surface area contributed by atoms with E-state index >= 15 is 0 Å². The summed E-state index contributed by atoms with van der Waals surface area (Å²) < 4.78 is 19.6. The molecule has 0 aliphatic heterocycles. The highest BCUT2D eigenvalue weighted by Crippen LogP contribution is 2.33. The number of hydrogen-bond donors (Lipinski definition) is 1. The second-order valence-corrected chi connectivity index (χ2v) is 7.34. The molecule has 3 aromatic carbocycles. The monoisotopic (exact) mass is 407 g/mol. The summed E-state index contributed by atoms with van der Waals surface area (Å²) >= 11 is 6.36. The molecule has 0 bridgehead atoms. The van der Waals surface area contributed by atoms with Gasteiger partial charge in [-0.05, 0) is 61.4 Å². The zero-order valence-corrected chi connectivity index (χ0v) is 16.7. The molecule has 0 fully saturated rings. The molecule has 4 aromatic rings. The first-order valence-electron chi connectivity index (χ1n) is 9.18. The van der Waals surface area contributed by atoms with Crippen LogP contribution in [0.2, 0.25) is 5.02 Å². The summed E-state index contributed by atoms with van der Waals surface area (Å²) in [5.74, 6) is 0.349. The van der Waals surface area contributed by atoms with Gasteiger partial charge >= 0.3 is 0 Å². The molecular weight excluding hydrogens is 389 g/mol. The van der Waals surface area contributed by atoms with Crippen LogP contribution in [-0.2, 0) is 0 Å². The molecule has 1 heterocycles. The van der Waals surface area contributed by atoms with Crippen molar-refractivity contribution in [3.05, 3.63) is 100 Å². The van der Waals surface area contributed by atoms with Gasteiger partial charge in [0.1, 0.15) is 11.9 Å². The van der Waals surface area contributed by atoms with E-state index in [1.165, 1.54) is 12.1 Å². The van der Waals surface area contributed by atoms with Gasteiger partial charge in [0.05, 0.1) is 0 Å². The third-order valence-electron chi connectivity index (χ3n) is 4.51. The summed E-state index contributed by atoms with van der Waals surface area (Å²) in [6, 6.07) is 19.4. The van der Waals surface area contributed by atoms with Crippen molar-refractivity contribution in [3.63, 3.8) is 0 Å². The third kappa shape index (κ3) is 4.30. The maximum atomic E-state index is 13.6. The minimum absolute atomic E-state index is 0.284. The fourth-order valence-electron chi connectivity index (χ4n) is 3.28. The van der Waals surface area contributed by atoms with Crippen LogP contribution in [0, 0.1) is 19.7 Å². The quantitative estimate of drug-likeness (QED) is 0.419. The van der Waals surface area contributed by atoms with Crippen LogP contribution in [0.1, 0.15) is 28.6 Å². The minimum atomic E-state index is -0.533. The Hall–Kier alpha value is -3.18. The molecule has 0 amide bonds. The molecule has 1 atom stereocenters. The molecule has 0 spiro atoms. The van der Waals surface area contributed by atoms with Crippen LogP contribution in [0.4, 0.5) is 10.1 Å².